The van der Waals surface area contributed by atoms with Crippen LogP contribution in [-0.4, -0.2) is 12.0 Å². The summed E-state index contributed by atoms with van der Waals surface area (Å²) < 4.78 is 31.9. The first-order chi connectivity index (χ1) is 10.5. The molecular weight excluding hydrogens is 290 g/mol. The number of para-hydroxylation sites is 1. The number of rotatable bonds is 4. The van der Waals surface area contributed by atoms with E-state index in [1.165, 1.54) is 6.92 Å². The van der Waals surface area contributed by atoms with E-state index in [0.29, 0.717) is 0 Å². The second-order valence-electron chi connectivity index (χ2n) is 4.48. The van der Waals surface area contributed by atoms with Crippen molar-refractivity contribution in [3.8, 4) is 11.8 Å². The summed E-state index contributed by atoms with van der Waals surface area (Å²) in [5.41, 5.74) is 0.00750. The molecule has 2 rings (SSSR count). The molecule has 0 saturated heterocycles. The zero-order valence-corrected chi connectivity index (χ0v) is 11.6. The summed E-state index contributed by atoms with van der Waals surface area (Å²) in [6.07, 6.45) is -0.989. The average Bonchev–Trinajstić information content (AvgIpc) is 2.51. The van der Waals surface area contributed by atoms with Gasteiger partial charge in [0.1, 0.15) is 23.5 Å². The summed E-state index contributed by atoms with van der Waals surface area (Å²) in [4.78, 5) is 12.0. The van der Waals surface area contributed by atoms with Gasteiger partial charge in [0.2, 0.25) is 0 Å². The third kappa shape index (κ3) is 3.58. The van der Waals surface area contributed by atoms with Crippen LogP contribution in [0.5, 0.6) is 5.75 Å². The maximum atomic E-state index is 13.5. The van der Waals surface area contributed by atoms with Crippen molar-refractivity contribution >= 4 is 11.6 Å². The number of halogens is 2. The minimum Gasteiger partial charge on any atom is -0.480 e. The van der Waals surface area contributed by atoms with Gasteiger partial charge in [0.15, 0.2) is 6.10 Å². The van der Waals surface area contributed by atoms with Gasteiger partial charge in [0.25, 0.3) is 5.91 Å². The quantitative estimate of drug-likeness (QED) is 0.943. The molecule has 0 saturated carbocycles. The molecule has 0 fully saturated rings. The van der Waals surface area contributed by atoms with Crippen molar-refractivity contribution < 1.29 is 18.3 Å². The lowest BCUT2D eigenvalue weighted by molar-refractivity contribution is -0.122. The molecule has 0 heterocycles. The van der Waals surface area contributed by atoms with Gasteiger partial charge in [-0.3, -0.25) is 4.79 Å². The molecule has 0 aliphatic carbocycles. The largest absolute Gasteiger partial charge is 0.480 e. The lowest BCUT2D eigenvalue weighted by Gasteiger charge is -2.15. The van der Waals surface area contributed by atoms with Gasteiger partial charge in [-0.25, -0.2) is 8.78 Å². The molecule has 0 aliphatic rings. The molecule has 0 bridgehead atoms. The summed E-state index contributed by atoms with van der Waals surface area (Å²) in [5.74, 6) is -1.83. The Morgan fingerprint density at radius 1 is 1.27 bits per heavy atom. The van der Waals surface area contributed by atoms with Crippen LogP contribution >= 0.6 is 0 Å². The number of nitriles is 1. The Hall–Kier alpha value is -2.94. The summed E-state index contributed by atoms with van der Waals surface area (Å²) >= 11 is 0. The van der Waals surface area contributed by atoms with Crippen LogP contribution in [-0.2, 0) is 4.79 Å². The maximum absolute atomic E-state index is 13.5. The Balaban J connectivity index is 2.10. The number of hydrogen-bond donors (Lipinski definition) is 1. The van der Waals surface area contributed by atoms with Gasteiger partial charge in [-0.15, -0.1) is 0 Å². The van der Waals surface area contributed by atoms with Crippen LogP contribution in [0.3, 0.4) is 0 Å². The standard InChI is InChI=1S/C16H12F2N2O2/c1-10(22-15-5-3-2-4-11(15)9-19)16(21)20-14-8-12(17)6-7-13(14)18/h2-8,10H,1H3,(H,20,21). The molecule has 1 atom stereocenters. The third-order valence-electron chi connectivity index (χ3n) is 2.87. The highest BCUT2D eigenvalue weighted by Crippen LogP contribution is 2.20. The van der Waals surface area contributed by atoms with E-state index >= 15 is 0 Å². The normalized spacial score (nSPS) is 11.4. The highest BCUT2D eigenvalue weighted by atomic mass is 19.1. The van der Waals surface area contributed by atoms with Crippen molar-refractivity contribution in [2.75, 3.05) is 5.32 Å². The number of benzene rings is 2. The Kier molecular flexibility index (Phi) is 4.69. The number of carbonyl (C=O) groups excluding carboxylic acids is 1. The van der Waals surface area contributed by atoms with E-state index < -0.39 is 23.6 Å². The molecule has 1 unspecified atom stereocenters. The number of ether oxygens (including phenoxy) is 1. The molecule has 4 nitrogen and oxygen atoms in total. The second-order valence-corrected chi connectivity index (χ2v) is 4.48. The highest BCUT2D eigenvalue weighted by molar-refractivity contribution is 5.94. The van der Waals surface area contributed by atoms with Gasteiger partial charge in [-0.2, -0.15) is 5.26 Å². The lowest BCUT2D eigenvalue weighted by Crippen LogP contribution is -2.30. The Bertz CT molecular complexity index is 741. The van der Waals surface area contributed by atoms with Gasteiger partial charge < -0.3 is 10.1 Å². The lowest BCUT2D eigenvalue weighted by atomic mass is 10.2. The van der Waals surface area contributed by atoms with Crippen molar-refractivity contribution in [3.63, 3.8) is 0 Å². The van der Waals surface area contributed by atoms with E-state index in [0.717, 1.165) is 18.2 Å². The molecule has 1 amide bonds. The SMILES string of the molecule is CC(Oc1ccccc1C#N)C(=O)Nc1cc(F)ccc1F. The van der Waals surface area contributed by atoms with Gasteiger partial charge in [0.05, 0.1) is 11.3 Å². The first kappa shape index (κ1) is 15.4. The molecular formula is C16H12F2N2O2. The average molecular weight is 302 g/mol. The number of anilines is 1. The van der Waals surface area contributed by atoms with E-state index in [-0.39, 0.29) is 17.0 Å². The molecule has 6 heteroatoms. The summed E-state index contributed by atoms with van der Waals surface area (Å²) in [7, 11) is 0. The van der Waals surface area contributed by atoms with Crippen LogP contribution in [0.25, 0.3) is 0 Å². The third-order valence-corrected chi connectivity index (χ3v) is 2.87. The van der Waals surface area contributed by atoms with Crippen molar-refractivity contribution in [1.29, 1.82) is 5.26 Å². The van der Waals surface area contributed by atoms with Gasteiger partial charge in [-0.1, -0.05) is 12.1 Å². The highest BCUT2D eigenvalue weighted by Gasteiger charge is 2.18. The first-order valence-electron chi connectivity index (χ1n) is 6.43. The monoisotopic (exact) mass is 302 g/mol. The molecule has 2 aromatic carbocycles. The fourth-order valence-electron chi connectivity index (χ4n) is 1.73. The van der Waals surface area contributed by atoms with Gasteiger partial charge >= 0.3 is 0 Å². The molecule has 0 aromatic heterocycles. The zero-order valence-electron chi connectivity index (χ0n) is 11.6. The predicted octanol–water partition coefficient (Wildman–Crippen LogP) is 3.24. The Morgan fingerprint density at radius 3 is 2.73 bits per heavy atom. The molecule has 112 valence electrons. The Labute approximate surface area is 125 Å². The van der Waals surface area contributed by atoms with E-state index in [2.05, 4.69) is 5.32 Å². The second kappa shape index (κ2) is 6.68. The van der Waals surface area contributed by atoms with E-state index in [1.54, 1.807) is 24.3 Å². The molecule has 0 radical (unpaired) electrons. The van der Waals surface area contributed by atoms with Crippen molar-refractivity contribution in [1.82, 2.24) is 0 Å². The van der Waals surface area contributed by atoms with E-state index in [1.807, 2.05) is 6.07 Å². The summed E-state index contributed by atoms with van der Waals surface area (Å²) in [5, 5.41) is 11.2. The summed E-state index contributed by atoms with van der Waals surface area (Å²) in [6, 6.07) is 11.1. The summed E-state index contributed by atoms with van der Waals surface area (Å²) in [6.45, 7) is 1.45. The van der Waals surface area contributed by atoms with Crippen LogP contribution in [0, 0.1) is 23.0 Å². The fraction of sp³-hybridized carbons (Fsp3) is 0.125. The number of nitrogens with zero attached hydrogens (tertiary/aromatic N) is 1. The molecule has 22 heavy (non-hydrogen) atoms. The van der Waals surface area contributed by atoms with Gasteiger partial charge in [-0.05, 0) is 31.2 Å². The van der Waals surface area contributed by atoms with Crippen LogP contribution in [0.2, 0.25) is 0 Å². The van der Waals surface area contributed by atoms with Crippen LogP contribution in [0.1, 0.15) is 12.5 Å². The number of hydrogen-bond acceptors (Lipinski definition) is 3. The van der Waals surface area contributed by atoms with E-state index in [9.17, 15) is 13.6 Å². The molecule has 0 spiro atoms. The van der Waals surface area contributed by atoms with Crippen LogP contribution < -0.4 is 10.1 Å². The van der Waals surface area contributed by atoms with Gasteiger partial charge in [0, 0.05) is 6.07 Å². The molecule has 2 aromatic rings. The van der Waals surface area contributed by atoms with Crippen molar-refractivity contribution in [2.45, 2.75) is 13.0 Å². The number of amides is 1. The Morgan fingerprint density at radius 2 is 2.00 bits per heavy atom. The minimum atomic E-state index is -0.989. The molecule has 1 N–H and O–H groups in total. The van der Waals surface area contributed by atoms with Crippen LogP contribution in [0.4, 0.5) is 14.5 Å². The fourth-order valence-corrected chi connectivity index (χ4v) is 1.73. The minimum absolute atomic E-state index is 0.243. The smallest absolute Gasteiger partial charge is 0.265 e. The topological polar surface area (TPSA) is 62.1 Å². The predicted molar refractivity (Wildman–Crippen MR) is 76.2 cm³/mol. The maximum Gasteiger partial charge on any atom is 0.265 e. The zero-order chi connectivity index (χ0) is 16.1. The number of carbonyl (C=O) groups is 1. The molecule has 0 aliphatic heterocycles. The van der Waals surface area contributed by atoms with E-state index in [4.69, 9.17) is 10.00 Å². The first-order valence-corrected chi connectivity index (χ1v) is 6.43. The number of nitrogens with one attached hydrogen (secondary N) is 1. The van der Waals surface area contributed by atoms with Crippen molar-refractivity contribution in [3.05, 3.63) is 59.7 Å². The van der Waals surface area contributed by atoms with Crippen molar-refractivity contribution in [2.24, 2.45) is 0 Å². The van der Waals surface area contributed by atoms with Crippen LogP contribution in [0.15, 0.2) is 42.5 Å².